The van der Waals surface area contributed by atoms with E-state index in [-0.39, 0.29) is 5.78 Å². The lowest BCUT2D eigenvalue weighted by molar-refractivity contribution is 0.0994. The molecule has 0 aliphatic carbocycles. The second-order valence-corrected chi connectivity index (χ2v) is 6.22. The minimum atomic E-state index is 0.0679. The summed E-state index contributed by atoms with van der Waals surface area (Å²) < 4.78 is 0.875. The first kappa shape index (κ1) is 13.3. The van der Waals surface area contributed by atoms with Gasteiger partial charge in [0.2, 0.25) is 0 Å². The van der Waals surface area contributed by atoms with Gasteiger partial charge in [0.25, 0.3) is 0 Å². The Balaban J connectivity index is 2.19. The summed E-state index contributed by atoms with van der Waals surface area (Å²) in [5, 5.41) is 0. The highest BCUT2D eigenvalue weighted by molar-refractivity contribution is 9.10. The Labute approximate surface area is 119 Å². The number of Topliss-reactive ketones (excluding diaryl/α,β-unsaturated/α-hetero) is 1. The largest absolute Gasteiger partial charge is 0.398 e. The number of carbonyl (C=O) groups is 1. The third-order valence-electron chi connectivity index (χ3n) is 2.72. The summed E-state index contributed by atoms with van der Waals surface area (Å²) >= 11 is 5.05. The Hall–Kier alpha value is -1.13. The van der Waals surface area contributed by atoms with Crippen LogP contribution in [0.5, 0.6) is 0 Å². The molecule has 2 aromatic rings. The molecule has 1 heterocycles. The van der Waals surface area contributed by atoms with Crippen LogP contribution >= 0.6 is 27.3 Å². The highest BCUT2D eigenvalue weighted by atomic mass is 79.9. The normalized spacial score (nSPS) is 10.6. The van der Waals surface area contributed by atoms with Crippen molar-refractivity contribution >= 4 is 38.7 Å². The van der Waals surface area contributed by atoms with Crippen molar-refractivity contribution in [2.24, 2.45) is 0 Å². The lowest BCUT2D eigenvalue weighted by atomic mass is 10.1. The molecule has 2 N–H and O–H groups in total. The number of carbonyl (C=O) groups excluding carboxylic acids is 1. The molecule has 4 heteroatoms. The van der Waals surface area contributed by atoms with Crippen LogP contribution in [0.15, 0.2) is 34.8 Å². The third kappa shape index (κ3) is 3.00. The number of thiophene rings is 1. The van der Waals surface area contributed by atoms with E-state index in [1.165, 1.54) is 4.88 Å². The Bertz CT molecular complexity index is 577. The molecule has 2 nitrogen and oxygen atoms in total. The van der Waals surface area contributed by atoms with Crippen LogP contribution in [0.25, 0.3) is 0 Å². The fourth-order valence-electron chi connectivity index (χ4n) is 1.73. The molecule has 2 rings (SSSR count). The predicted molar refractivity (Wildman–Crippen MR) is 80.3 cm³/mol. The highest BCUT2D eigenvalue weighted by Gasteiger charge is 2.12. The first-order chi connectivity index (χ1) is 8.60. The van der Waals surface area contributed by atoms with Crippen LogP contribution < -0.4 is 5.73 Å². The van der Waals surface area contributed by atoms with Crippen molar-refractivity contribution in [3.63, 3.8) is 0 Å². The van der Waals surface area contributed by atoms with E-state index in [9.17, 15) is 4.79 Å². The maximum absolute atomic E-state index is 12.2. The average Bonchev–Trinajstić information content (AvgIpc) is 2.80. The standard InChI is InChI=1S/C14H14BrNOS/c1-2-10-4-5-11(18-10)8-14(17)12-7-9(15)3-6-13(12)16/h3-7H,2,8,16H2,1H3. The van der Waals surface area contributed by atoms with E-state index < -0.39 is 0 Å². The van der Waals surface area contributed by atoms with Crippen LogP contribution in [-0.2, 0) is 12.8 Å². The summed E-state index contributed by atoms with van der Waals surface area (Å²) in [6.07, 6.45) is 1.43. The molecule has 0 aliphatic rings. The van der Waals surface area contributed by atoms with Crippen LogP contribution in [0, 0.1) is 0 Å². The molecule has 0 atom stereocenters. The Morgan fingerprint density at radius 1 is 1.28 bits per heavy atom. The first-order valence-corrected chi connectivity index (χ1v) is 7.37. The minimum Gasteiger partial charge on any atom is -0.398 e. The second kappa shape index (κ2) is 5.67. The van der Waals surface area contributed by atoms with Gasteiger partial charge in [0.1, 0.15) is 0 Å². The molecule has 0 aliphatic heterocycles. The van der Waals surface area contributed by atoms with Crippen molar-refractivity contribution in [1.29, 1.82) is 0 Å². The molecule has 0 bridgehead atoms. The van der Waals surface area contributed by atoms with Crippen molar-refractivity contribution in [3.05, 3.63) is 50.1 Å². The van der Waals surface area contributed by atoms with Gasteiger partial charge >= 0.3 is 0 Å². The zero-order valence-corrected chi connectivity index (χ0v) is 12.5. The Kier molecular flexibility index (Phi) is 4.19. The molecule has 18 heavy (non-hydrogen) atoms. The molecular weight excluding hydrogens is 310 g/mol. The summed E-state index contributed by atoms with van der Waals surface area (Å²) in [7, 11) is 0. The Morgan fingerprint density at radius 2 is 2.00 bits per heavy atom. The van der Waals surface area contributed by atoms with Crippen molar-refractivity contribution in [1.82, 2.24) is 0 Å². The van der Waals surface area contributed by atoms with Crippen LogP contribution in [0.3, 0.4) is 0 Å². The van der Waals surface area contributed by atoms with Crippen LogP contribution in [0.1, 0.15) is 27.0 Å². The smallest absolute Gasteiger partial charge is 0.170 e. The van der Waals surface area contributed by atoms with Gasteiger partial charge in [-0.3, -0.25) is 4.79 Å². The number of anilines is 1. The monoisotopic (exact) mass is 323 g/mol. The van der Waals surface area contributed by atoms with Crippen LogP contribution in [0.2, 0.25) is 0 Å². The highest BCUT2D eigenvalue weighted by Crippen LogP contribution is 2.23. The fourth-order valence-corrected chi connectivity index (χ4v) is 3.05. The van der Waals surface area contributed by atoms with Gasteiger partial charge < -0.3 is 5.73 Å². The van der Waals surface area contributed by atoms with Gasteiger partial charge in [-0.25, -0.2) is 0 Å². The van der Waals surface area contributed by atoms with Crippen molar-refractivity contribution in [2.45, 2.75) is 19.8 Å². The predicted octanol–water partition coefficient (Wildman–Crippen LogP) is 4.08. The van der Waals surface area contributed by atoms with Gasteiger partial charge in [0.05, 0.1) is 0 Å². The van der Waals surface area contributed by atoms with E-state index in [0.717, 1.165) is 15.8 Å². The molecule has 0 fully saturated rings. The topological polar surface area (TPSA) is 43.1 Å². The summed E-state index contributed by atoms with van der Waals surface area (Å²) in [6.45, 7) is 2.11. The van der Waals surface area contributed by atoms with Gasteiger partial charge in [-0.05, 0) is 36.8 Å². The number of hydrogen-bond donors (Lipinski definition) is 1. The van der Waals surface area contributed by atoms with Crippen molar-refractivity contribution < 1.29 is 4.79 Å². The maximum atomic E-state index is 12.2. The number of nitrogen functional groups attached to an aromatic ring is 1. The van der Waals surface area contributed by atoms with E-state index >= 15 is 0 Å². The summed E-state index contributed by atoms with van der Waals surface area (Å²) in [5.74, 6) is 0.0679. The third-order valence-corrected chi connectivity index (χ3v) is 4.44. The fraction of sp³-hybridized carbons (Fsp3) is 0.214. The molecule has 1 aromatic carbocycles. The first-order valence-electron chi connectivity index (χ1n) is 5.76. The van der Waals surface area contributed by atoms with E-state index in [4.69, 9.17) is 5.73 Å². The lowest BCUT2D eigenvalue weighted by Crippen LogP contribution is -2.06. The number of halogens is 1. The quantitative estimate of drug-likeness (QED) is 0.680. The molecule has 0 saturated heterocycles. The molecular formula is C14H14BrNOS. The van der Waals surface area contributed by atoms with Gasteiger partial charge in [0, 0.05) is 31.9 Å². The van der Waals surface area contributed by atoms with E-state index in [2.05, 4.69) is 28.9 Å². The van der Waals surface area contributed by atoms with Crippen molar-refractivity contribution in [3.8, 4) is 0 Å². The molecule has 0 spiro atoms. The van der Waals surface area contributed by atoms with Crippen molar-refractivity contribution in [2.75, 3.05) is 5.73 Å². The number of hydrogen-bond acceptors (Lipinski definition) is 3. The van der Waals surface area contributed by atoms with Gasteiger partial charge in [0.15, 0.2) is 5.78 Å². The summed E-state index contributed by atoms with van der Waals surface area (Å²) in [4.78, 5) is 14.6. The molecule has 0 amide bonds. The molecule has 0 radical (unpaired) electrons. The van der Waals surface area contributed by atoms with E-state index in [1.54, 1.807) is 23.5 Å². The molecule has 1 aromatic heterocycles. The number of benzene rings is 1. The number of aryl methyl sites for hydroxylation is 1. The average molecular weight is 324 g/mol. The van der Waals surface area contributed by atoms with Gasteiger partial charge in [-0.2, -0.15) is 0 Å². The zero-order valence-electron chi connectivity index (χ0n) is 10.1. The van der Waals surface area contributed by atoms with Gasteiger partial charge in [-0.15, -0.1) is 11.3 Å². The minimum absolute atomic E-state index is 0.0679. The SMILES string of the molecule is CCc1ccc(CC(=O)c2cc(Br)ccc2N)s1. The second-order valence-electron chi connectivity index (χ2n) is 4.05. The lowest BCUT2D eigenvalue weighted by Gasteiger charge is -2.04. The maximum Gasteiger partial charge on any atom is 0.170 e. The number of rotatable bonds is 4. The molecule has 0 saturated carbocycles. The molecule has 94 valence electrons. The van der Waals surface area contributed by atoms with E-state index in [1.807, 2.05) is 12.1 Å². The Morgan fingerprint density at radius 3 is 2.67 bits per heavy atom. The summed E-state index contributed by atoms with van der Waals surface area (Å²) in [5.41, 5.74) is 6.97. The number of nitrogens with two attached hydrogens (primary N) is 1. The number of ketones is 1. The van der Waals surface area contributed by atoms with Crippen LogP contribution in [-0.4, -0.2) is 5.78 Å². The van der Waals surface area contributed by atoms with E-state index in [0.29, 0.717) is 17.7 Å². The van der Waals surface area contributed by atoms with Gasteiger partial charge in [-0.1, -0.05) is 22.9 Å². The molecule has 0 unspecified atom stereocenters. The summed E-state index contributed by atoms with van der Waals surface area (Å²) in [6, 6.07) is 9.48. The van der Waals surface area contributed by atoms with Crippen LogP contribution in [0.4, 0.5) is 5.69 Å². The zero-order chi connectivity index (χ0) is 13.1.